The zero-order valence-corrected chi connectivity index (χ0v) is 18.4. The highest BCUT2D eigenvalue weighted by atomic mass is 32.2. The summed E-state index contributed by atoms with van der Waals surface area (Å²) in [5.74, 6) is -0.169. The van der Waals surface area contributed by atoms with E-state index in [1.165, 1.54) is 25.0 Å². The molecule has 6 nitrogen and oxygen atoms in total. The average Bonchev–Trinajstić information content (AvgIpc) is 3.43. The number of likely N-dealkylation sites (tertiary alicyclic amines) is 1. The number of carbonyl (C=O) groups is 1. The summed E-state index contributed by atoms with van der Waals surface area (Å²) in [7, 11) is -3.58. The third-order valence-electron chi connectivity index (χ3n) is 5.30. The highest BCUT2D eigenvalue weighted by Gasteiger charge is 2.21. The molecule has 3 rings (SSSR count). The van der Waals surface area contributed by atoms with Crippen LogP contribution in [0.5, 0.6) is 0 Å². The van der Waals surface area contributed by atoms with Crippen LogP contribution in [-0.2, 0) is 16.4 Å². The lowest BCUT2D eigenvalue weighted by Gasteiger charge is -2.26. The first kappa shape index (κ1) is 22.0. The van der Waals surface area contributed by atoms with Crippen molar-refractivity contribution in [2.24, 2.45) is 0 Å². The first-order valence-electron chi connectivity index (χ1n) is 10.1. The van der Waals surface area contributed by atoms with Gasteiger partial charge in [-0.1, -0.05) is 13.0 Å². The SMILES string of the molecule is CCC(CNC(=O)c1ccc(S(=O)(=O)NCCc2cccs2)cc1)N1CCCC1. The summed E-state index contributed by atoms with van der Waals surface area (Å²) in [5, 5.41) is 4.96. The van der Waals surface area contributed by atoms with E-state index < -0.39 is 10.0 Å². The minimum Gasteiger partial charge on any atom is -0.350 e. The van der Waals surface area contributed by atoms with E-state index in [0.717, 1.165) is 24.4 Å². The summed E-state index contributed by atoms with van der Waals surface area (Å²) in [5.41, 5.74) is 0.471. The fourth-order valence-electron chi connectivity index (χ4n) is 3.58. The molecule has 8 heteroatoms. The molecule has 1 aliphatic rings. The maximum Gasteiger partial charge on any atom is 0.251 e. The van der Waals surface area contributed by atoms with Crippen LogP contribution in [0.4, 0.5) is 0 Å². The molecule has 1 amide bonds. The summed E-state index contributed by atoms with van der Waals surface area (Å²) in [6, 6.07) is 10.4. The second kappa shape index (κ2) is 10.3. The molecule has 2 heterocycles. The van der Waals surface area contributed by atoms with E-state index in [2.05, 4.69) is 21.9 Å². The molecule has 29 heavy (non-hydrogen) atoms. The number of nitrogens with zero attached hydrogens (tertiary/aromatic N) is 1. The number of thiophene rings is 1. The number of rotatable bonds is 10. The molecule has 0 radical (unpaired) electrons. The van der Waals surface area contributed by atoms with Gasteiger partial charge in [0.25, 0.3) is 5.91 Å². The largest absolute Gasteiger partial charge is 0.350 e. The van der Waals surface area contributed by atoms with Crippen LogP contribution in [0.1, 0.15) is 41.4 Å². The molecular weight excluding hydrogens is 406 g/mol. The van der Waals surface area contributed by atoms with Gasteiger partial charge in [-0.15, -0.1) is 11.3 Å². The van der Waals surface area contributed by atoms with Crippen LogP contribution in [0.25, 0.3) is 0 Å². The Kier molecular flexibility index (Phi) is 7.83. The van der Waals surface area contributed by atoms with Gasteiger partial charge >= 0.3 is 0 Å². The van der Waals surface area contributed by atoms with Crippen molar-refractivity contribution in [2.45, 2.75) is 43.5 Å². The third kappa shape index (κ3) is 6.12. The van der Waals surface area contributed by atoms with Crippen LogP contribution < -0.4 is 10.0 Å². The Bertz CT molecular complexity index is 874. The molecular formula is C21H29N3O3S2. The number of amides is 1. The van der Waals surface area contributed by atoms with Gasteiger partial charge in [0.1, 0.15) is 0 Å². The van der Waals surface area contributed by atoms with Gasteiger partial charge in [0.2, 0.25) is 10.0 Å². The van der Waals surface area contributed by atoms with E-state index in [1.54, 1.807) is 23.5 Å². The van der Waals surface area contributed by atoms with Crippen molar-refractivity contribution in [2.75, 3.05) is 26.2 Å². The Labute approximate surface area is 177 Å². The van der Waals surface area contributed by atoms with Crippen molar-refractivity contribution in [1.82, 2.24) is 14.9 Å². The minimum atomic E-state index is -3.58. The molecule has 2 N–H and O–H groups in total. The lowest BCUT2D eigenvalue weighted by atomic mass is 10.1. The van der Waals surface area contributed by atoms with E-state index >= 15 is 0 Å². The van der Waals surface area contributed by atoms with Gasteiger partial charge in [-0.2, -0.15) is 0 Å². The zero-order valence-electron chi connectivity index (χ0n) is 16.8. The first-order valence-corrected chi connectivity index (χ1v) is 12.5. The maximum atomic E-state index is 12.5. The Balaban J connectivity index is 1.52. The minimum absolute atomic E-state index is 0.169. The quantitative estimate of drug-likeness (QED) is 0.602. The van der Waals surface area contributed by atoms with Crippen molar-refractivity contribution in [3.05, 3.63) is 52.2 Å². The summed E-state index contributed by atoms with van der Waals surface area (Å²) < 4.78 is 27.5. The molecule has 1 saturated heterocycles. The van der Waals surface area contributed by atoms with Gasteiger partial charge in [-0.05, 0) is 74.5 Å². The van der Waals surface area contributed by atoms with Gasteiger partial charge in [-0.3, -0.25) is 9.69 Å². The molecule has 2 aromatic rings. The summed E-state index contributed by atoms with van der Waals surface area (Å²) in [6.45, 7) is 5.29. The summed E-state index contributed by atoms with van der Waals surface area (Å²) in [4.78, 5) is 16.2. The topological polar surface area (TPSA) is 78.5 Å². The molecule has 1 aromatic heterocycles. The molecule has 1 unspecified atom stereocenters. The second-order valence-electron chi connectivity index (χ2n) is 7.27. The number of benzene rings is 1. The standard InChI is InChI=1S/C21H29N3O3S2/c1-2-18(24-13-3-4-14-24)16-22-21(25)17-7-9-20(10-8-17)29(26,27)23-12-11-19-6-5-15-28-19/h5-10,15,18,23H,2-4,11-14,16H2,1H3,(H,22,25). The fraction of sp³-hybridized carbons (Fsp3) is 0.476. The van der Waals surface area contributed by atoms with Crippen LogP contribution in [-0.4, -0.2) is 51.4 Å². The molecule has 1 atom stereocenters. The van der Waals surface area contributed by atoms with Crippen LogP contribution in [0, 0.1) is 0 Å². The zero-order chi connectivity index (χ0) is 20.7. The maximum absolute atomic E-state index is 12.5. The number of carbonyl (C=O) groups excluding carboxylic acids is 1. The average molecular weight is 436 g/mol. The van der Waals surface area contributed by atoms with Gasteiger partial charge in [0.15, 0.2) is 0 Å². The molecule has 0 aliphatic carbocycles. The molecule has 0 spiro atoms. The van der Waals surface area contributed by atoms with E-state index in [4.69, 9.17) is 0 Å². The molecule has 1 aromatic carbocycles. The molecule has 1 fully saturated rings. The second-order valence-corrected chi connectivity index (χ2v) is 10.1. The van der Waals surface area contributed by atoms with Crippen LogP contribution in [0.2, 0.25) is 0 Å². The van der Waals surface area contributed by atoms with Crippen molar-refractivity contribution in [3.8, 4) is 0 Å². The molecule has 1 aliphatic heterocycles. The van der Waals surface area contributed by atoms with Crippen LogP contribution in [0.3, 0.4) is 0 Å². The Morgan fingerprint density at radius 2 is 1.90 bits per heavy atom. The number of sulfonamides is 1. The molecule has 158 valence electrons. The van der Waals surface area contributed by atoms with E-state index in [9.17, 15) is 13.2 Å². The van der Waals surface area contributed by atoms with Gasteiger partial charge in [0.05, 0.1) is 4.90 Å². The number of hydrogen-bond acceptors (Lipinski definition) is 5. The lowest BCUT2D eigenvalue weighted by molar-refractivity contribution is 0.0937. The highest BCUT2D eigenvalue weighted by molar-refractivity contribution is 7.89. The summed E-state index contributed by atoms with van der Waals surface area (Å²) in [6.07, 6.45) is 4.10. The van der Waals surface area contributed by atoms with Gasteiger partial charge in [0, 0.05) is 29.6 Å². The van der Waals surface area contributed by atoms with Crippen LogP contribution >= 0.6 is 11.3 Å². The Hall–Kier alpha value is -1.74. The highest BCUT2D eigenvalue weighted by Crippen LogP contribution is 2.15. The van der Waals surface area contributed by atoms with Crippen LogP contribution in [0.15, 0.2) is 46.7 Å². The monoisotopic (exact) mass is 435 g/mol. The van der Waals surface area contributed by atoms with Crippen molar-refractivity contribution in [3.63, 3.8) is 0 Å². The van der Waals surface area contributed by atoms with E-state index in [1.807, 2.05) is 17.5 Å². The van der Waals surface area contributed by atoms with Crippen molar-refractivity contribution < 1.29 is 13.2 Å². The van der Waals surface area contributed by atoms with Crippen molar-refractivity contribution >= 4 is 27.3 Å². The first-order chi connectivity index (χ1) is 14.0. The smallest absolute Gasteiger partial charge is 0.251 e. The lowest BCUT2D eigenvalue weighted by Crippen LogP contribution is -2.42. The van der Waals surface area contributed by atoms with E-state index in [-0.39, 0.29) is 10.8 Å². The van der Waals surface area contributed by atoms with E-state index in [0.29, 0.717) is 31.1 Å². The summed E-state index contributed by atoms with van der Waals surface area (Å²) >= 11 is 1.61. The normalized spacial score (nSPS) is 16.0. The number of hydrogen-bond donors (Lipinski definition) is 2. The van der Waals surface area contributed by atoms with Gasteiger partial charge in [-0.25, -0.2) is 13.1 Å². The predicted octanol–water partition coefficient (Wildman–Crippen LogP) is 2.87. The third-order valence-corrected chi connectivity index (χ3v) is 7.71. The molecule has 0 saturated carbocycles. The fourth-order valence-corrected chi connectivity index (χ4v) is 5.32. The molecule has 0 bridgehead atoms. The van der Waals surface area contributed by atoms with Crippen molar-refractivity contribution in [1.29, 1.82) is 0 Å². The predicted molar refractivity (Wildman–Crippen MR) is 117 cm³/mol. The van der Waals surface area contributed by atoms with Gasteiger partial charge < -0.3 is 5.32 Å². The Morgan fingerprint density at radius 1 is 1.17 bits per heavy atom. The Morgan fingerprint density at radius 3 is 2.52 bits per heavy atom. The number of nitrogens with one attached hydrogen (secondary N) is 2.